The summed E-state index contributed by atoms with van der Waals surface area (Å²) in [6.45, 7) is 11.0. The van der Waals surface area contributed by atoms with Crippen LogP contribution >= 0.6 is 11.8 Å². The second kappa shape index (κ2) is 14.0. The normalized spacial score (nSPS) is 11.6. The lowest BCUT2D eigenvalue weighted by molar-refractivity contribution is -0.697. The van der Waals surface area contributed by atoms with Crippen molar-refractivity contribution in [3.8, 4) is 5.75 Å². The highest BCUT2D eigenvalue weighted by Gasteiger charge is 2.19. The number of carbonyl (C=O) groups excluding carboxylic acids is 1. The highest BCUT2D eigenvalue weighted by Crippen LogP contribution is 2.31. The van der Waals surface area contributed by atoms with E-state index in [4.69, 9.17) is 4.74 Å². The molecule has 5 heteroatoms. The zero-order valence-corrected chi connectivity index (χ0v) is 20.9. The number of pyridine rings is 1. The summed E-state index contributed by atoms with van der Waals surface area (Å²) >= 11 is 1.96. The summed E-state index contributed by atoms with van der Waals surface area (Å²) < 4.78 is 7.94. The Balaban J connectivity index is 1.67. The first-order valence-corrected chi connectivity index (χ1v) is 12.8. The molecule has 0 aliphatic carbocycles. The summed E-state index contributed by atoms with van der Waals surface area (Å²) in [5.41, 5.74) is 2.29. The lowest BCUT2D eigenvalue weighted by atomic mass is 10.1. The molecule has 2 aromatic rings. The molecule has 1 aromatic carbocycles. The summed E-state index contributed by atoms with van der Waals surface area (Å²) in [4.78, 5) is 12.1. The van der Waals surface area contributed by atoms with Crippen molar-refractivity contribution in [1.29, 1.82) is 0 Å². The molecule has 0 unspecified atom stereocenters. The monoisotopic (exact) mass is 455 g/mol. The number of aromatic nitrogens is 1. The van der Waals surface area contributed by atoms with Gasteiger partial charge >= 0.3 is 0 Å². The van der Waals surface area contributed by atoms with Crippen molar-refractivity contribution in [1.82, 2.24) is 5.32 Å². The van der Waals surface area contributed by atoms with Gasteiger partial charge < -0.3 is 10.1 Å². The second-order valence-electron chi connectivity index (χ2n) is 8.16. The zero-order valence-electron chi connectivity index (χ0n) is 20.1. The molecule has 4 nitrogen and oxygen atoms in total. The third-order valence-electron chi connectivity index (χ3n) is 5.77. The van der Waals surface area contributed by atoms with Crippen molar-refractivity contribution < 1.29 is 14.1 Å². The minimum Gasteiger partial charge on any atom is -0.494 e. The summed E-state index contributed by atoms with van der Waals surface area (Å²) in [6, 6.07) is 12.3. The summed E-state index contributed by atoms with van der Waals surface area (Å²) in [7, 11) is 0. The van der Waals surface area contributed by atoms with E-state index in [1.165, 1.54) is 0 Å². The Morgan fingerprint density at radius 3 is 2.25 bits per heavy atom. The number of hydrogen-bond acceptors (Lipinski definition) is 3. The van der Waals surface area contributed by atoms with Crippen LogP contribution in [0.3, 0.4) is 0 Å². The van der Waals surface area contributed by atoms with Crippen LogP contribution < -0.4 is 14.6 Å². The molecule has 0 saturated carbocycles. The number of hydrogen-bond donors (Lipinski definition) is 1. The average molecular weight is 456 g/mol. The number of thioether (sulfide) groups is 1. The van der Waals surface area contributed by atoms with Crippen molar-refractivity contribution in [2.24, 2.45) is 0 Å². The van der Waals surface area contributed by atoms with Crippen molar-refractivity contribution in [2.45, 2.75) is 64.7 Å². The predicted molar refractivity (Wildman–Crippen MR) is 137 cm³/mol. The molecule has 1 N–H and O–H groups in total. The van der Waals surface area contributed by atoms with Crippen LogP contribution in [0, 0.1) is 0 Å². The van der Waals surface area contributed by atoms with Crippen molar-refractivity contribution in [3.63, 3.8) is 0 Å². The van der Waals surface area contributed by atoms with E-state index in [-0.39, 0.29) is 5.91 Å². The van der Waals surface area contributed by atoms with E-state index in [1.54, 1.807) is 0 Å². The Hall–Kier alpha value is -2.27. The molecule has 32 heavy (non-hydrogen) atoms. The van der Waals surface area contributed by atoms with Gasteiger partial charge in [0, 0.05) is 42.0 Å². The van der Waals surface area contributed by atoms with Gasteiger partial charge in [-0.15, -0.1) is 0 Å². The van der Waals surface area contributed by atoms with Crippen LogP contribution in [0.1, 0.15) is 64.5 Å². The van der Waals surface area contributed by atoms with Gasteiger partial charge in [-0.3, -0.25) is 4.79 Å². The second-order valence-corrected chi connectivity index (χ2v) is 9.85. The van der Waals surface area contributed by atoms with Gasteiger partial charge in [0.05, 0.1) is 6.61 Å². The molecule has 2 rings (SSSR count). The van der Waals surface area contributed by atoms with E-state index in [9.17, 15) is 4.79 Å². The van der Waals surface area contributed by atoms with Crippen LogP contribution in [0.25, 0.3) is 12.2 Å². The number of amides is 1. The largest absolute Gasteiger partial charge is 0.494 e. The van der Waals surface area contributed by atoms with Crippen molar-refractivity contribution in [3.05, 3.63) is 59.9 Å². The fourth-order valence-corrected chi connectivity index (χ4v) is 4.32. The van der Waals surface area contributed by atoms with Gasteiger partial charge in [-0.1, -0.05) is 45.1 Å². The molecule has 0 atom stereocenters. The Kier molecular flexibility index (Phi) is 11.4. The summed E-state index contributed by atoms with van der Waals surface area (Å²) in [6.07, 6.45) is 12.1. The van der Waals surface area contributed by atoms with Crippen molar-refractivity contribution >= 4 is 29.8 Å². The fourth-order valence-electron chi connectivity index (χ4n) is 3.22. The predicted octanol–water partition coefficient (Wildman–Crippen LogP) is 5.75. The van der Waals surface area contributed by atoms with E-state index >= 15 is 0 Å². The molecule has 0 aliphatic rings. The van der Waals surface area contributed by atoms with Gasteiger partial charge in [0.2, 0.25) is 5.91 Å². The third-order valence-corrected chi connectivity index (χ3v) is 7.45. The van der Waals surface area contributed by atoms with Gasteiger partial charge in [-0.05, 0) is 43.0 Å². The Bertz CT molecular complexity index is 828. The number of ether oxygens (including phenoxy) is 1. The molecule has 0 fully saturated rings. The van der Waals surface area contributed by atoms with Gasteiger partial charge in [0.25, 0.3) is 0 Å². The highest BCUT2D eigenvalue weighted by atomic mass is 32.2. The Labute approximate surface area is 198 Å². The number of nitrogens with one attached hydrogen (secondary N) is 1. The summed E-state index contributed by atoms with van der Waals surface area (Å²) in [5, 5.41) is 3.06. The standard InChI is InChI=1S/C27H38N2O2S/c1-5-27(4,6-2)32-22-18-28-26(30)9-8-19-29-20-16-24(17-21-29)11-10-23-12-14-25(15-13-23)31-7-3/h10-17,20-21H,5-9,18-19,22H2,1-4H3/p+1/b11-10+. The van der Waals surface area contributed by atoms with E-state index < -0.39 is 0 Å². The van der Waals surface area contributed by atoms with Crippen LogP contribution in [0.2, 0.25) is 0 Å². The van der Waals surface area contributed by atoms with E-state index in [0.29, 0.717) is 17.8 Å². The Morgan fingerprint density at radius 1 is 1.03 bits per heavy atom. The van der Waals surface area contributed by atoms with Crippen LogP contribution in [0.5, 0.6) is 5.75 Å². The van der Waals surface area contributed by atoms with Gasteiger partial charge in [-0.2, -0.15) is 11.8 Å². The molecule has 0 radical (unpaired) electrons. The molecule has 174 valence electrons. The number of aryl methyl sites for hydroxylation is 1. The maximum atomic E-state index is 12.1. The van der Waals surface area contributed by atoms with Crippen LogP contribution in [0.4, 0.5) is 0 Å². The fraction of sp³-hybridized carbons (Fsp3) is 0.481. The minimum atomic E-state index is 0.149. The van der Waals surface area contributed by atoms with Gasteiger partial charge in [0.1, 0.15) is 12.3 Å². The molecular formula is C27H39N2O2S+. The van der Waals surface area contributed by atoms with E-state index in [0.717, 1.165) is 55.0 Å². The maximum Gasteiger partial charge on any atom is 0.220 e. The van der Waals surface area contributed by atoms with E-state index in [2.05, 4.69) is 79.5 Å². The molecule has 0 bridgehead atoms. The van der Waals surface area contributed by atoms with Crippen LogP contribution in [-0.2, 0) is 11.3 Å². The zero-order chi connectivity index (χ0) is 23.2. The minimum absolute atomic E-state index is 0.149. The van der Waals surface area contributed by atoms with Gasteiger partial charge in [-0.25, -0.2) is 4.57 Å². The molecule has 1 amide bonds. The van der Waals surface area contributed by atoms with Gasteiger partial charge in [0.15, 0.2) is 12.4 Å². The summed E-state index contributed by atoms with van der Waals surface area (Å²) in [5.74, 6) is 2.02. The number of rotatable bonds is 14. The average Bonchev–Trinajstić information content (AvgIpc) is 2.82. The first-order chi connectivity index (χ1) is 15.5. The first kappa shape index (κ1) is 26.0. The third kappa shape index (κ3) is 9.47. The lowest BCUT2D eigenvalue weighted by Gasteiger charge is -2.25. The molecule has 0 spiro atoms. The maximum absolute atomic E-state index is 12.1. The topological polar surface area (TPSA) is 42.2 Å². The van der Waals surface area contributed by atoms with E-state index in [1.807, 2.05) is 30.8 Å². The quantitative estimate of drug-likeness (QED) is 0.291. The molecular weight excluding hydrogens is 416 g/mol. The number of carbonyl (C=O) groups is 1. The van der Waals surface area contributed by atoms with Crippen LogP contribution in [-0.4, -0.2) is 29.6 Å². The Morgan fingerprint density at radius 2 is 1.66 bits per heavy atom. The smallest absolute Gasteiger partial charge is 0.220 e. The SMILES string of the molecule is CCOc1ccc(/C=C/c2cc[n+](CCCC(=O)NCCSC(C)(CC)CC)cc2)cc1. The molecule has 1 aromatic heterocycles. The number of nitrogens with zero attached hydrogens (tertiary/aromatic N) is 1. The first-order valence-electron chi connectivity index (χ1n) is 11.8. The molecule has 1 heterocycles. The van der Waals surface area contributed by atoms with Crippen LogP contribution in [0.15, 0.2) is 48.8 Å². The van der Waals surface area contributed by atoms with Crippen molar-refractivity contribution in [2.75, 3.05) is 18.9 Å². The number of benzene rings is 1. The highest BCUT2D eigenvalue weighted by molar-refractivity contribution is 8.00. The molecule has 0 aliphatic heterocycles. The molecule has 0 saturated heterocycles. The lowest BCUT2D eigenvalue weighted by Crippen LogP contribution is -2.34.